The monoisotopic (exact) mass is 354 g/mol. The third-order valence-electron chi connectivity index (χ3n) is 4.48. The molecule has 0 spiro atoms. The second-order valence-corrected chi connectivity index (χ2v) is 6.90. The van der Waals surface area contributed by atoms with Gasteiger partial charge < -0.3 is 9.42 Å². The number of hydrogen-bond acceptors (Lipinski definition) is 6. The lowest BCUT2D eigenvalue weighted by atomic mass is 10.1. The molecule has 0 N–H and O–H groups in total. The third-order valence-corrected chi connectivity index (χ3v) is 5.26. The van der Waals surface area contributed by atoms with Gasteiger partial charge in [-0.1, -0.05) is 48.3 Å². The molecular weight excluding hydrogens is 336 g/mol. The lowest BCUT2D eigenvalue weighted by Gasteiger charge is -2.27. The lowest BCUT2D eigenvalue weighted by Crippen LogP contribution is -2.34. The van der Waals surface area contributed by atoms with E-state index >= 15 is 0 Å². The maximum Gasteiger partial charge on any atom is 0.266 e. The molecule has 1 amide bonds. The highest BCUT2D eigenvalue weighted by molar-refractivity contribution is 7.08. The van der Waals surface area contributed by atoms with Crippen LogP contribution in [0.4, 0.5) is 0 Å². The Morgan fingerprint density at radius 1 is 1.20 bits per heavy atom. The third kappa shape index (κ3) is 3.32. The van der Waals surface area contributed by atoms with Gasteiger partial charge in [-0.15, -0.1) is 0 Å². The molecule has 0 bridgehead atoms. The van der Waals surface area contributed by atoms with Gasteiger partial charge in [0.2, 0.25) is 6.39 Å². The van der Waals surface area contributed by atoms with Crippen LogP contribution in [0.3, 0.4) is 0 Å². The molecule has 6 nitrogen and oxygen atoms in total. The van der Waals surface area contributed by atoms with E-state index in [1.54, 1.807) is 0 Å². The number of likely N-dealkylation sites (tertiary alicyclic amines) is 1. The van der Waals surface area contributed by atoms with Gasteiger partial charge in [-0.25, -0.2) is 0 Å². The van der Waals surface area contributed by atoms with Crippen LogP contribution in [-0.4, -0.2) is 31.9 Å². The zero-order valence-corrected chi connectivity index (χ0v) is 14.5. The van der Waals surface area contributed by atoms with Crippen LogP contribution in [0.5, 0.6) is 0 Å². The van der Waals surface area contributed by atoms with E-state index in [1.165, 1.54) is 17.9 Å². The van der Waals surface area contributed by atoms with Gasteiger partial charge in [0, 0.05) is 12.1 Å². The minimum atomic E-state index is -0.129. The van der Waals surface area contributed by atoms with Gasteiger partial charge >= 0.3 is 0 Å². The quantitative estimate of drug-likeness (QED) is 0.712. The number of aromatic nitrogens is 3. The predicted octanol–water partition coefficient (Wildman–Crippen LogP) is 3.95. The summed E-state index contributed by atoms with van der Waals surface area (Å²) in [6.07, 6.45) is 5.33. The molecule has 1 fully saturated rings. The Kier molecular flexibility index (Phi) is 4.56. The fourth-order valence-electron chi connectivity index (χ4n) is 3.21. The van der Waals surface area contributed by atoms with Crippen molar-refractivity contribution in [2.45, 2.75) is 31.7 Å². The van der Waals surface area contributed by atoms with E-state index in [4.69, 9.17) is 4.52 Å². The second kappa shape index (κ2) is 7.14. The number of benzene rings is 1. The molecule has 1 atom stereocenters. The molecule has 1 aliphatic heterocycles. The summed E-state index contributed by atoms with van der Waals surface area (Å²) in [6, 6.07) is 11.6. The minimum Gasteiger partial charge on any atom is -0.343 e. The molecule has 1 saturated heterocycles. The number of nitrogens with zero attached hydrogens (tertiary/aromatic N) is 4. The van der Waals surface area contributed by atoms with Crippen molar-refractivity contribution in [3.63, 3.8) is 0 Å². The molecular formula is C18H18N4O2S. The SMILES string of the molecule is O=C(c1cc(-c2ccccc2)ns1)N1CCCCCC1c1ncon1. The van der Waals surface area contributed by atoms with E-state index in [9.17, 15) is 4.79 Å². The van der Waals surface area contributed by atoms with Crippen LogP contribution >= 0.6 is 11.5 Å². The summed E-state index contributed by atoms with van der Waals surface area (Å²) >= 11 is 1.25. The van der Waals surface area contributed by atoms with Crippen molar-refractivity contribution in [3.05, 3.63) is 53.5 Å². The van der Waals surface area contributed by atoms with E-state index < -0.39 is 0 Å². The fraction of sp³-hybridized carbons (Fsp3) is 0.333. The van der Waals surface area contributed by atoms with E-state index in [1.807, 2.05) is 41.3 Å². The van der Waals surface area contributed by atoms with Gasteiger partial charge in [0.25, 0.3) is 5.91 Å². The Balaban J connectivity index is 1.61. The Morgan fingerprint density at radius 3 is 2.88 bits per heavy atom. The molecule has 0 radical (unpaired) electrons. The van der Waals surface area contributed by atoms with Crippen molar-refractivity contribution in [2.24, 2.45) is 0 Å². The molecule has 128 valence electrons. The highest BCUT2D eigenvalue weighted by atomic mass is 32.1. The minimum absolute atomic E-state index is 0.00335. The van der Waals surface area contributed by atoms with Crippen LogP contribution in [0.1, 0.15) is 47.2 Å². The van der Waals surface area contributed by atoms with Crippen LogP contribution in [0.15, 0.2) is 47.3 Å². The molecule has 4 rings (SSSR count). The first-order valence-corrected chi connectivity index (χ1v) is 9.19. The van der Waals surface area contributed by atoms with E-state index in [0.717, 1.165) is 36.9 Å². The Labute approximate surface area is 149 Å². The molecule has 0 saturated carbocycles. The summed E-state index contributed by atoms with van der Waals surface area (Å²) in [5, 5.41) is 3.97. The molecule has 0 aliphatic carbocycles. The van der Waals surface area contributed by atoms with E-state index in [0.29, 0.717) is 17.2 Å². The van der Waals surface area contributed by atoms with E-state index in [-0.39, 0.29) is 11.9 Å². The van der Waals surface area contributed by atoms with Crippen molar-refractivity contribution >= 4 is 17.4 Å². The molecule has 1 unspecified atom stereocenters. The van der Waals surface area contributed by atoms with Gasteiger partial charge in [-0.3, -0.25) is 4.79 Å². The van der Waals surface area contributed by atoms with Crippen LogP contribution in [0, 0.1) is 0 Å². The highest BCUT2D eigenvalue weighted by Crippen LogP contribution is 2.31. The van der Waals surface area contributed by atoms with Gasteiger partial charge in [0.05, 0.1) is 11.7 Å². The fourth-order valence-corrected chi connectivity index (χ4v) is 3.92. The topological polar surface area (TPSA) is 72.1 Å². The zero-order chi connectivity index (χ0) is 17.1. The first-order valence-electron chi connectivity index (χ1n) is 8.42. The van der Waals surface area contributed by atoms with Crippen molar-refractivity contribution in [3.8, 4) is 11.3 Å². The number of carbonyl (C=O) groups excluding carboxylic acids is 1. The average molecular weight is 354 g/mol. The molecule has 1 aromatic carbocycles. The smallest absolute Gasteiger partial charge is 0.266 e. The van der Waals surface area contributed by atoms with Gasteiger partial charge in [0.15, 0.2) is 5.82 Å². The maximum absolute atomic E-state index is 13.1. The lowest BCUT2D eigenvalue weighted by molar-refractivity contribution is 0.0675. The first-order chi connectivity index (χ1) is 12.3. The standard InChI is InChI=1S/C18H18N4O2S/c23-18(16-11-14(21-25-16)13-7-3-1-4-8-13)22-10-6-2-5-9-15(22)17-19-12-24-20-17/h1,3-4,7-8,11-12,15H,2,5-6,9-10H2. The predicted molar refractivity (Wildman–Crippen MR) is 94.1 cm³/mol. The normalized spacial score (nSPS) is 18.1. The Hall–Kier alpha value is -2.54. The summed E-state index contributed by atoms with van der Waals surface area (Å²) in [7, 11) is 0. The summed E-state index contributed by atoms with van der Waals surface area (Å²) in [4.78, 5) is 19.8. The Morgan fingerprint density at radius 2 is 2.08 bits per heavy atom. The first kappa shape index (κ1) is 16.0. The number of carbonyl (C=O) groups is 1. The van der Waals surface area contributed by atoms with Gasteiger partial charge in [-0.2, -0.15) is 9.36 Å². The largest absolute Gasteiger partial charge is 0.343 e. The molecule has 3 heterocycles. The zero-order valence-electron chi connectivity index (χ0n) is 13.7. The van der Waals surface area contributed by atoms with E-state index in [2.05, 4.69) is 14.5 Å². The molecule has 3 aromatic rings. The van der Waals surface area contributed by atoms with Gasteiger partial charge in [0.1, 0.15) is 4.88 Å². The summed E-state index contributed by atoms with van der Waals surface area (Å²) in [5.74, 6) is 0.583. The summed E-state index contributed by atoms with van der Waals surface area (Å²) < 4.78 is 9.35. The molecule has 2 aromatic heterocycles. The number of amides is 1. The van der Waals surface area contributed by atoms with Crippen molar-refractivity contribution in [1.29, 1.82) is 0 Å². The molecule has 7 heteroatoms. The van der Waals surface area contributed by atoms with Crippen LogP contribution < -0.4 is 0 Å². The summed E-state index contributed by atoms with van der Waals surface area (Å²) in [5.41, 5.74) is 1.85. The number of rotatable bonds is 3. The maximum atomic E-state index is 13.1. The van der Waals surface area contributed by atoms with Crippen molar-refractivity contribution in [1.82, 2.24) is 19.4 Å². The highest BCUT2D eigenvalue weighted by Gasteiger charge is 2.31. The Bertz CT molecular complexity index is 832. The average Bonchev–Trinajstić information content (AvgIpc) is 3.30. The van der Waals surface area contributed by atoms with Crippen LogP contribution in [0.25, 0.3) is 11.3 Å². The number of hydrogen-bond donors (Lipinski definition) is 0. The van der Waals surface area contributed by atoms with Crippen molar-refractivity contribution in [2.75, 3.05) is 6.54 Å². The van der Waals surface area contributed by atoms with Crippen molar-refractivity contribution < 1.29 is 9.32 Å². The molecule has 1 aliphatic rings. The van der Waals surface area contributed by atoms with Gasteiger partial charge in [-0.05, 0) is 30.4 Å². The second-order valence-electron chi connectivity index (χ2n) is 6.10. The summed E-state index contributed by atoms with van der Waals surface area (Å²) in [6.45, 7) is 0.705. The molecule has 25 heavy (non-hydrogen) atoms. The van der Waals surface area contributed by atoms with Crippen LogP contribution in [0.2, 0.25) is 0 Å². The van der Waals surface area contributed by atoms with Crippen LogP contribution in [-0.2, 0) is 0 Å².